The van der Waals surface area contributed by atoms with Gasteiger partial charge in [0, 0.05) is 37.7 Å². The lowest BCUT2D eigenvalue weighted by Gasteiger charge is -2.31. The van der Waals surface area contributed by atoms with Crippen LogP contribution < -0.4 is 4.90 Å². The number of hydrogen-bond acceptors (Lipinski definition) is 5. The molecule has 2 fully saturated rings. The molecule has 0 radical (unpaired) electrons. The Labute approximate surface area is 174 Å². The summed E-state index contributed by atoms with van der Waals surface area (Å²) in [5, 5.41) is 4.73. The van der Waals surface area contributed by atoms with Crippen molar-refractivity contribution in [2.75, 3.05) is 44.3 Å². The Hall–Kier alpha value is -3.00. The maximum atomic E-state index is 13.2. The van der Waals surface area contributed by atoms with Crippen LogP contribution in [0.1, 0.15) is 34.9 Å². The number of likely N-dealkylation sites (tertiary alicyclic amines) is 1. The van der Waals surface area contributed by atoms with Crippen molar-refractivity contribution in [2.45, 2.75) is 18.8 Å². The molecule has 5 rings (SSSR count). The van der Waals surface area contributed by atoms with Gasteiger partial charge in [0.25, 0.3) is 5.91 Å². The molecule has 0 saturated carbocycles. The topological polar surface area (TPSA) is 63.0 Å². The summed E-state index contributed by atoms with van der Waals surface area (Å²) in [6.07, 6.45) is 3.86. The molecule has 1 atom stereocenters. The fourth-order valence-corrected chi connectivity index (χ4v) is 4.22. The average Bonchev–Trinajstić information content (AvgIpc) is 3.23. The first-order valence-electron chi connectivity index (χ1n) is 10.4. The van der Waals surface area contributed by atoms with Crippen molar-refractivity contribution in [3.05, 3.63) is 59.8 Å². The van der Waals surface area contributed by atoms with Crippen molar-refractivity contribution in [2.24, 2.45) is 0 Å². The highest BCUT2D eigenvalue weighted by molar-refractivity contribution is 5.94. The minimum absolute atomic E-state index is 0.0712. The number of nitrogens with zero attached hydrogens (tertiary/aromatic N) is 5. The molecule has 1 amide bonds. The van der Waals surface area contributed by atoms with Crippen LogP contribution >= 0.6 is 0 Å². The van der Waals surface area contributed by atoms with Crippen LogP contribution in [0.4, 0.5) is 10.1 Å². The molecule has 0 bridgehead atoms. The van der Waals surface area contributed by atoms with Crippen molar-refractivity contribution < 1.29 is 13.9 Å². The van der Waals surface area contributed by atoms with Crippen molar-refractivity contribution in [1.82, 2.24) is 19.5 Å². The highest BCUT2D eigenvalue weighted by atomic mass is 19.1. The summed E-state index contributed by atoms with van der Waals surface area (Å²) in [5.74, 6) is 0.451. The minimum Gasteiger partial charge on any atom is -0.378 e. The standard InChI is InChI=1S/C22H24FN5O2/c23-18-5-3-16(4-6-18)22(29)27-9-1-2-17(14-27)21-24-20-8-7-19(15-28(20)25-21)26-10-12-30-13-11-26/h3-8,15,17H,1-2,9-14H2. The molecule has 4 heterocycles. The van der Waals surface area contributed by atoms with Gasteiger partial charge < -0.3 is 14.5 Å². The summed E-state index contributed by atoms with van der Waals surface area (Å²) >= 11 is 0. The van der Waals surface area contributed by atoms with E-state index in [4.69, 9.17) is 14.8 Å². The second-order valence-electron chi connectivity index (χ2n) is 7.86. The molecule has 2 aromatic heterocycles. The third kappa shape index (κ3) is 3.75. The zero-order valence-electron chi connectivity index (χ0n) is 16.7. The van der Waals surface area contributed by atoms with Gasteiger partial charge in [-0.2, -0.15) is 5.10 Å². The van der Waals surface area contributed by atoms with Crippen LogP contribution in [-0.4, -0.2) is 64.8 Å². The van der Waals surface area contributed by atoms with Crippen LogP contribution in [0.3, 0.4) is 0 Å². The zero-order chi connectivity index (χ0) is 20.5. The third-order valence-corrected chi connectivity index (χ3v) is 5.87. The van der Waals surface area contributed by atoms with E-state index in [9.17, 15) is 9.18 Å². The largest absolute Gasteiger partial charge is 0.378 e. The van der Waals surface area contributed by atoms with Gasteiger partial charge in [0.2, 0.25) is 0 Å². The Bertz CT molecular complexity index is 1050. The second kappa shape index (κ2) is 8.02. The van der Waals surface area contributed by atoms with Crippen LogP contribution in [0.15, 0.2) is 42.6 Å². The SMILES string of the molecule is O=C(c1ccc(F)cc1)N1CCCC(c2nc3ccc(N4CCOCC4)cn3n2)C1. The van der Waals surface area contributed by atoms with E-state index in [1.807, 2.05) is 21.7 Å². The molecular weight excluding hydrogens is 385 g/mol. The number of anilines is 1. The van der Waals surface area contributed by atoms with Crippen LogP contribution in [0, 0.1) is 5.82 Å². The fraction of sp³-hybridized carbons (Fsp3) is 0.409. The molecule has 2 aliphatic rings. The minimum atomic E-state index is -0.339. The number of piperidine rings is 1. The van der Waals surface area contributed by atoms with Gasteiger partial charge in [0.15, 0.2) is 11.5 Å². The van der Waals surface area contributed by atoms with Crippen LogP contribution in [0.5, 0.6) is 0 Å². The number of hydrogen-bond donors (Lipinski definition) is 0. The van der Waals surface area contributed by atoms with Gasteiger partial charge in [-0.15, -0.1) is 0 Å². The number of benzene rings is 1. The number of fused-ring (bicyclic) bond motifs is 1. The van der Waals surface area contributed by atoms with Crippen LogP contribution in [0.2, 0.25) is 0 Å². The van der Waals surface area contributed by atoms with Crippen LogP contribution in [-0.2, 0) is 4.74 Å². The molecule has 2 aliphatic heterocycles. The Balaban J connectivity index is 1.34. The third-order valence-electron chi connectivity index (χ3n) is 5.87. The highest BCUT2D eigenvalue weighted by Gasteiger charge is 2.28. The maximum absolute atomic E-state index is 13.2. The number of carbonyl (C=O) groups is 1. The number of carbonyl (C=O) groups excluding carboxylic acids is 1. The summed E-state index contributed by atoms with van der Waals surface area (Å²) in [6, 6.07) is 9.79. The van der Waals surface area contributed by atoms with Gasteiger partial charge in [0.1, 0.15) is 5.82 Å². The van der Waals surface area contributed by atoms with Gasteiger partial charge in [-0.3, -0.25) is 4.79 Å². The van der Waals surface area contributed by atoms with Crippen molar-refractivity contribution in [3.8, 4) is 0 Å². The van der Waals surface area contributed by atoms with E-state index in [2.05, 4.69) is 11.0 Å². The highest BCUT2D eigenvalue weighted by Crippen LogP contribution is 2.27. The maximum Gasteiger partial charge on any atom is 0.253 e. The quantitative estimate of drug-likeness (QED) is 0.666. The Morgan fingerprint density at radius 3 is 2.67 bits per heavy atom. The molecule has 8 heteroatoms. The Morgan fingerprint density at radius 2 is 1.87 bits per heavy atom. The second-order valence-corrected chi connectivity index (χ2v) is 7.86. The molecule has 0 N–H and O–H groups in total. The number of amides is 1. The molecule has 0 spiro atoms. The average molecular weight is 409 g/mol. The predicted molar refractivity (Wildman–Crippen MR) is 110 cm³/mol. The van der Waals surface area contributed by atoms with E-state index < -0.39 is 0 Å². The molecule has 1 unspecified atom stereocenters. The van der Waals surface area contributed by atoms with Gasteiger partial charge in [-0.05, 0) is 49.2 Å². The Kier molecular flexibility index (Phi) is 5.08. The first kappa shape index (κ1) is 19.0. The van der Waals surface area contributed by atoms with E-state index in [-0.39, 0.29) is 17.6 Å². The molecule has 30 heavy (non-hydrogen) atoms. The summed E-state index contributed by atoms with van der Waals surface area (Å²) in [7, 11) is 0. The smallest absolute Gasteiger partial charge is 0.253 e. The van der Waals surface area contributed by atoms with E-state index >= 15 is 0 Å². The number of ether oxygens (including phenoxy) is 1. The number of morpholine rings is 1. The van der Waals surface area contributed by atoms with Crippen molar-refractivity contribution in [3.63, 3.8) is 0 Å². The monoisotopic (exact) mass is 409 g/mol. The van der Waals surface area contributed by atoms with Crippen LogP contribution in [0.25, 0.3) is 5.65 Å². The lowest BCUT2D eigenvalue weighted by molar-refractivity contribution is 0.0704. The van der Waals surface area contributed by atoms with Gasteiger partial charge in [-0.25, -0.2) is 13.9 Å². The number of rotatable bonds is 3. The summed E-state index contributed by atoms with van der Waals surface area (Å²) in [5.41, 5.74) is 2.43. The lowest BCUT2D eigenvalue weighted by Crippen LogP contribution is -2.39. The van der Waals surface area contributed by atoms with Gasteiger partial charge in [0.05, 0.1) is 25.1 Å². The van der Waals surface area contributed by atoms with Crippen molar-refractivity contribution >= 4 is 17.2 Å². The molecular formula is C22H24FN5O2. The molecule has 2 saturated heterocycles. The molecule has 156 valence electrons. The normalized spacial score (nSPS) is 20.0. The summed E-state index contributed by atoms with van der Waals surface area (Å²) in [6.45, 7) is 4.48. The molecule has 3 aromatic rings. The number of halogens is 1. The molecule has 7 nitrogen and oxygen atoms in total. The number of pyridine rings is 1. The Morgan fingerprint density at radius 1 is 1.07 bits per heavy atom. The number of aromatic nitrogens is 3. The predicted octanol–water partition coefficient (Wildman–Crippen LogP) is 2.72. The molecule has 0 aliphatic carbocycles. The van der Waals surface area contributed by atoms with E-state index in [1.54, 1.807) is 0 Å². The van der Waals surface area contributed by atoms with E-state index in [1.165, 1.54) is 24.3 Å². The van der Waals surface area contributed by atoms with Gasteiger partial charge >= 0.3 is 0 Å². The van der Waals surface area contributed by atoms with Gasteiger partial charge in [-0.1, -0.05) is 0 Å². The lowest BCUT2D eigenvalue weighted by atomic mass is 9.96. The first-order valence-corrected chi connectivity index (χ1v) is 10.4. The van der Waals surface area contributed by atoms with Crippen molar-refractivity contribution in [1.29, 1.82) is 0 Å². The fourth-order valence-electron chi connectivity index (χ4n) is 4.22. The molecule has 1 aromatic carbocycles. The summed E-state index contributed by atoms with van der Waals surface area (Å²) < 4.78 is 20.4. The zero-order valence-corrected chi connectivity index (χ0v) is 16.7. The van der Waals surface area contributed by atoms with E-state index in [0.717, 1.165) is 56.3 Å². The van der Waals surface area contributed by atoms with E-state index in [0.29, 0.717) is 18.7 Å². The first-order chi connectivity index (χ1) is 14.7. The summed E-state index contributed by atoms with van der Waals surface area (Å²) in [4.78, 5) is 21.7.